The first-order valence-corrected chi connectivity index (χ1v) is 11.4. The molecule has 0 bridgehead atoms. The summed E-state index contributed by atoms with van der Waals surface area (Å²) in [4.78, 5) is 34.6. The van der Waals surface area contributed by atoms with Crippen molar-refractivity contribution < 1.29 is 9.59 Å². The van der Waals surface area contributed by atoms with Crippen LogP contribution in [-0.4, -0.2) is 68.2 Å². The number of benzene rings is 2. The van der Waals surface area contributed by atoms with Crippen LogP contribution >= 0.6 is 0 Å². The van der Waals surface area contributed by atoms with Gasteiger partial charge in [-0.25, -0.2) is 0 Å². The smallest absolute Gasteiger partial charge is 0.272 e. The lowest BCUT2D eigenvalue weighted by atomic mass is 9.60. The largest absolute Gasteiger partial charge is 0.338 e. The summed E-state index contributed by atoms with van der Waals surface area (Å²) in [5.41, 5.74) is 2.63. The molecule has 0 spiro atoms. The fraction of sp³-hybridized carbons (Fsp3) is 0.320. The molecule has 164 valence electrons. The lowest BCUT2D eigenvalue weighted by molar-refractivity contribution is 0.0629. The van der Waals surface area contributed by atoms with E-state index in [1.165, 1.54) is 0 Å². The molecule has 2 aromatic carbocycles. The predicted octanol–water partition coefficient (Wildman–Crippen LogP) is 2.60. The molecule has 3 aliphatic rings. The average molecular weight is 438 g/mol. The Balaban J connectivity index is 1.04. The lowest BCUT2D eigenvalue weighted by Gasteiger charge is -2.42. The van der Waals surface area contributed by atoms with Gasteiger partial charge in [0.15, 0.2) is 0 Å². The molecule has 0 radical (unpaired) electrons. The Labute approximate surface area is 189 Å². The van der Waals surface area contributed by atoms with Gasteiger partial charge in [-0.1, -0.05) is 24.3 Å². The van der Waals surface area contributed by atoms with E-state index in [0.29, 0.717) is 40.4 Å². The van der Waals surface area contributed by atoms with E-state index in [2.05, 4.69) is 20.4 Å². The molecule has 2 aliphatic heterocycles. The molecular formula is C25H22N6O2. The maximum absolute atomic E-state index is 13.2. The second-order valence-corrected chi connectivity index (χ2v) is 9.52. The molecule has 8 heteroatoms. The highest BCUT2D eigenvalue weighted by molar-refractivity contribution is 5.98. The number of pyridine rings is 1. The maximum Gasteiger partial charge on any atom is 0.272 e. The number of rotatable bonds is 2. The molecule has 3 fully saturated rings. The van der Waals surface area contributed by atoms with Crippen LogP contribution in [0.3, 0.4) is 0 Å². The van der Waals surface area contributed by atoms with Gasteiger partial charge in [-0.3, -0.25) is 14.6 Å². The van der Waals surface area contributed by atoms with E-state index in [4.69, 9.17) is 0 Å². The molecule has 4 aromatic rings. The fourth-order valence-electron chi connectivity index (χ4n) is 6.22. The van der Waals surface area contributed by atoms with Crippen LogP contribution in [0.15, 0.2) is 54.7 Å². The third-order valence-electron chi connectivity index (χ3n) is 7.91. The monoisotopic (exact) mass is 438 g/mol. The highest BCUT2D eigenvalue weighted by Crippen LogP contribution is 2.54. The van der Waals surface area contributed by atoms with Crippen LogP contribution < -0.4 is 0 Å². The first-order valence-electron chi connectivity index (χ1n) is 11.4. The van der Waals surface area contributed by atoms with E-state index in [9.17, 15) is 9.59 Å². The molecule has 33 heavy (non-hydrogen) atoms. The van der Waals surface area contributed by atoms with Gasteiger partial charge in [-0.2, -0.15) is 15.4 Å². The lowest BCUT2D eigenvalue weighted by Crippen LogP contribution is -2.44. The van der Waals surface area contributed by atoms with E-state index in [-0.39, 0.29) is 11.8 Å². The van der Waals surface area contributed by atoms with Gasteiger partial charge in [0, 0.05) is 43.3 Å². The summed E-state index contributed by atoms with van der Waals surface area (Å²) >= 11 is 0. The third kappa shape index (κ3) is 2.79. The van der Waals surface area contributed by atoms with Gasteiger partial charge < -0.3 is 9.80 Å². The summed E-state index contributed by atoms with van der Waals surface area (Å²) in [7, 11) is 0. The summed E-state index contributed by atoms with van der Waals surface area (Å²) in [6.07, 6.45) is 1.78. The first-order chi connectivity index (χ1) is 16.2. The van der Waals surface area contributed by atoms with Crippen LogP contribution in [0.4, 0.5) is 0 Å². The van der Waals surface area contributed by atoms with Crippen LogP contribution in [0.5, 0.6) is 0 Å². The summed E-state index contributed by atoms with van der Waals surface area (Å²) in [6.45, 7) is 3.04. The molecule has 1 saturated carbocycles. The first kappa shape index (κ1) is 18.7. The van der Waals surface area contributed by atoms with Crippen molar-refractivity contribution in [2.45, 2.75) is 0 Å². The SMILES string of the molecule is O=C(c1ccc2n[nH]nc2c1)N1C[C@@H]2C3CN(C(=O)c4cc5ccccc5cn4)CC3[C@@H]2C1. The Hall–Kier alpha value is -3.81. The summed E-state index contributed by atoms with van der Waals surface area (Å²) < 4.78 is 0. The minimum Gasteiger partial charge on any atom is -0.338 e. The van der Waals surface area contributed by atoms with Crippen LogP contribution in [-0.2, 0) is 0 Å². The van der Waals surface area contributed by atoms with Crippen molar-refractivity contribution in [3.8, 4) is 0 Å². The number of hydrogen-bond donors (Lipinski definition) is 1. The molecule has 2 saturated heterocycles. The Kier molecular flexibility index (Phi) is 3.88. The maximum atomic E-state index is 13.2. The van der Waals surface area contributed by atoms with E-state index in [0.717, 1.165) is 42.5 Å². The van der Waals surface area contributed by atoms with E-state index >= 15 is 0 Å². The summed E-state index contributed by atoms with van der Waals surface area (Å²) in [5.74, 6) is 1.95. The topological polar surface area (TPSA) is 95.1 Å². The standard InChI is InChI=1S/C25H22N6O2/c32-24(15-5-6-21-22(8-15)28-29-27-21)30-10-17-18(11-30)20-13-31(12-19(17)20)25(33)23-7-14-3-1-2-4-16(14)9-26-23/h1-9,17-20H,10-13H2,(H,27,28,29)/t17-,18+,19?,20?. The molecular weight excluding hydrogens is 416 g/mol. The number of nitrogens with one attached hydrogen (secondary N) is 1. The Morgan fingerprint density at radius 2 is 1.39 bits per heavy atom. The van der Waals surface area contributed by atoms with Gasteiger partial charge in [0.05, 0.1) is 0 Å². The number of aromatic amines is 1. The second-order valence-electron chi connectivity index (χ2n) is 9.52. The molecule has 2 amide bonds. The molecule has 8 nitrogen and oxygen atoms in total. The van der Waals surface area contributed by atoms with Crippen molar-refractivity contribution in [2.75, 3.05) is 26.2 Å². The van der Waals surface area contributed by atoms with Crippen LogP contribution in [0.25, 0.3) is 21.8 Å². The van der Waals surface area contributed by atoms with E-state index < -0.39 is 0 Å². The number of H-pyrrole nitrogens is 1. The van der Waals surface area contributed by atoms with Crippen molar-refractivity contribution in [1.29, 1.82) is 0 Å². The number of aromatic nitrogens is 4. The fourth-order valence-corrected chi connectivity index (χ4v) is 6.22. The average Bonchev–Trinajstić information content (AvgIpc) is 3.56. The van der Waals surface area contributed by atoms with Crippen molar-refractivity contribution in [3.63, 3.8) is 0 Å². The number of carbonyl (C=O) groups excluding carboxylic acids is 2. The number of fused-ring (bicyclic) bond motifs is 6. The van der Waals surface area contributed by atoms with Gasteiger partial charge in [0.2, 0.25) is 0 Å². The quantitative estimate of drug-likeness (QED) is 0.519. The van der Waals surface area contributed by atoms with Gasteiger partial charge >= 0.3 is 0 Å². The van der Waals surface area contributed by atoms with Crippen molar-refractivity contribution >= 4 is 33.6 Å². The molecule has 4 heterocycles. The molecule has 2 aromatic heterocycles. The zero-order valence-corrected chi connectivity index (χ0v) is 17.9. The Morgan fingerprint density at radius 3 is 2.12 bits per heavy atom. The summed E-state index contributed by atoms with van der Waals surface area (Å²) in [5, 5.41) is 12.8. The van der Waals surface area contributed by atoms with Gasteiger partial charge in [0.25, 0.3) is 11.8 Å². The third-order valence-corrected chi connectivity index (χ3v) is 7.91. The zero-order chi connectivity index (χ0) is 22.1. The van der Waals surface area contributed by atoms with E-state index in [1.807, 2.05) is 52.3 Å². The van der Waals surface area contributed by atoms with Gasteiger partial charge in [-0.15, -0.1) is 0 Å². The number of likely N-dealkylation sites (tertiary alicyclic amines) is 2. The highest BCUT2D eigenvalue weighted by Gasteiger charge is 2.59. The normalized spacial score (nSPS) is 25.8. The molecule has 1 aliphatic carbocycles. The number of nitrogens with zero attached hydrogens (tertiary/aromatic N) is 5. The highest BCUT2D eigenvalue weighted by atomic mass is 16.2. The van der Waals surface area contributed by atoms with Crippen molar-refractivity contribution in [1.82, 2.24) is 30.2 Å². The molecule has 2 unspecified atom stereocenters. The van der Waals surface area contributed by atoms with Crippen molar-refractivity contribution in [3.05, 3.63) is 66.0 Å². The molecule has 7 rings (SSSR count). The van der Waals surface area contributed by atoms with Crippen LogP contribution in [0.1, 0.15) is 20.8 Å². The van der Waals surface area contributed by atoms with Gasteiger partial charge in [-0.05, 0) is 53.3 Å². The van der Waals surface area contributed by atoms with E-state index in [1.54, 1.807) is 12.3 Å². The second kappa shape index (κ2) is 6.84. The Bertz CT molecular complexity index is 1410. The van der Waals surface area contributed by atoms with Crippen molar-refractivity contribution in [2.24, 2.45) is 23.7 Å². The van der Waals surface area contributed by atoms with Crippen LogP contribution in [0, 0.1) is 23.7 Å². The summed E-state index contributed by atoms with van der Waals surface area (Å²) in [6, 6.07) is 15.3. The zero-order valence-electron chi connectivity index (χ0n) is 17.9. The molecule has 4 atom stereocenters. The molecule has 1 N–H and O–H groups in total. The predicted molar refractivity (Wildman–Crippen MR) is 121 cm³/mol. The van der Waals surface area contributed by atoms with Gasteiger partial charge in [0.1, 0.15) is 16.7 Å². The van der Waals surface area contributed by atoms with Crippen LogP contribution in [0.2, 0.25) is 0 Å². The number of carbonyl (C=O) groups is 2. The minimum atomic E-state index is 0.0158. The minimum absolute atomic E-state index is 0.0158. The number of amides is 2. The Morgan fingerprint density at radius 1 is 0.758 bits per heavy atom. The number of hydrogen-bond acceptors (Lipinski definition) is 5.